The van der Waals surface area contributed by atoms with Crippen molar-refractivity contribution < 1.29 is 38.6 Å². The molecule has 2 unspecified atom stereocenters. The molecule has 3 atom stereocenters. The SMILES string of the molecule is CC[C@@]1(OC(=O)C(NC(=O)C(CCCCN)NC(=O)CCC(=O)O)C(C)C)C(=O)OCc2c1cc1n(c2=O)Cc2cc3ccccc3nc2-1.Cl. The van der Waals surface area contributed by atoms with E-state index in [9.17, 15) is 28.8 Å². The number of esters is 2. The number of para-hydroxylation sites is 1. The lowest BCUT2D eigenvalue weighted by molar-refractivity contribution is -0.191. The third kappa shape index (κ3) is 7.50. The van der Waals surface area contributed by atoms with E-state index in [2.05, 4.69) is 10.6 Å². The van der Waals surface area contributed by atoms with Gasteiger partial charge in [-0.1, -0.05) is 39.0 Å². The summed E-state index contributed by atoms with van der Waals surface area (Å²) < 4.78 is 13.1. The van der Waals surface area contributed by atoms with Gasteiger partial charge in [-0.05, 0) is 56.3 Å². The molecule has 0 radical (unpaired) electrons. The van der Waals surface area contributed by atoms with Crippen LogP contribution in [-0.4, -0.2) is 63.0 Å². The number of aliphatic carboxylic acids is 1. The zero-order chi connectivity index (χ0) is 35.5. The number of nitrogens with zero attached hydrogens (tertiary/aromatic N) is 2. The quantitative estimate of drug-likeness (QED) is 0.110. The van der Waals surface area contributed by atoms with Gasteiger partial charge in [0, 0.05) is 22.9 Å². The van der Waals surface area contributed by atoms with Gasteiger partial charge in [0.05, 0.1) is 35.4 Å². The fraction of sp³-hybridized carbons (Fsp3) is 0.457. The lowest BCUT2D eigenvalue weighted by Crippen LogP contribution is -2.56. The number of halogens is 1. The molecule has 0 fully saturated rings. The van der Waals surface area contributed by atoms with Gasteiger partial charge in [-0.3, -0.25) is 19.2 Å². The second kappa shape index (κ2) is 15.8. The average molecular weight is 712 g/mol. The Balaban J connectivity index is 0.00000562. The molecule has 2 amide bonds. The fourth-order valence-electron chi connectivity index (χ4n) is 6.32. The summed E-state index contributed by atoms with van der Waals surface area (Å²) in [6, 6.07) is 8.90. The van der Waals surface area contributed by atoms with E-state index in [0.717, 1.165) is 16.5 Å². The van der Waals surface area contributed by atoms with Gasteiger partial charge in [0.25, 0.3) is 5.56 Å². The largest absolute Gasteiger partial charge is 0.481 e. The summed E-state index contributed by atoms with van der Waals surface area (Å²) in [5.41, 5.74) is 6.27. The lowest BCUT2D eigenvalue weighted by atomic mass is 9.85. The Kier molecular flexibility index (Phi) is 12.0. The Bertz CT molecular complexity index is 1880. The van der Waals surface area contributed by atoms with Gasteiger partial charge in [-0.25, -0.2) is 14.6 Å². The number of unbranched alkanes of at least 4 members (excludes halogenated alkanes) is 1. The van der Waals surface area contributed by atoms with Crippen molar-refractivity contribution in [1.29, 1.82) is 0 Å². The number of hydrogen-bond donors (Lipinski definition) is 4. The van der Waals surface area contributed by atoms with Crippen molar-refractivity contribution in [3.63, 3.8) is 0 Å². The molecule has 268 valence electrons. The molecule has 2 aliphatic rings. The molecule has 2 aliphatic heterocycles. The van der Waals surface area contributed by atoms with Gasteiger partial charge in [-0.15, -0.1) is 12.4 Å². The smallest absolute Gasteiger partial charge is 0.355 e. The first-order chi connectivity index (χ1) is 23.4. The topological polar surface area (TPSA) is 209 Å². The molecule has 3 aromatic rings. The maximum absolute atomic E-state index is 13.9. The molecule has 15 heteroatoms. The molecule has 5 rings (SSSR count). The Morgan fingerprint density at radius 3 is 2.52 bits per heavy atom. The van der Waals surface area contributed by atoms with Gasteiger partial charge >= 0.3 is 17.9 Å². The van der Waals surface area contributed by atoms with E-state index >= 15 is 0 Å². The van der Waals surface area contributed by atoms with Crippen molar-refractivity contribution in [3.8, 4) is 11.4 Å². The first kappa shape index (κ1) is 38.0. The zero-order valence-corrected chi connectivity index (χ0v) is 29.0. The number of carbonyl (C=O) groups is 5. The van der Waals surface area contributed by atoms with E-state index in [4.69, 9.17) is 25.3 Å². The molecule has 4 heterocycles. The molecule has 0 bridgehead atoms. The maximum atomic E-state index is 13.9. The Hall–Kier alpha value is -4.82. The summed E-state index contributed by atoms with van der Waals surface area (Å²) in [5.74, 6) is -4.77. The number of nitrogens with two attached hydrogens (primary N) is 1. The highest BCUT2D eigenvalue weighted by Crippen LogP contribution is 2.41. The monoisotopic (exact) mass is 711 g/mol. The van der Waals surface area contributed by atoms with Crippen LogP contribution in [0.3, 0.4) is 0 Å². The Labute approximate surface area is 294 Å². The van der Waals surface area contributed by atoms with Crippen molar-refractivity contribution in [2.75, 3.05) is 6.54 Å². The first-order valence-corrected chi connectivity index (χ1v) is 16.5. The maximum Gasteiger partial charge on any atom is 0.355 e. The second-order valence-corrected chi connectivity index (χ2v) is 12.7. The molecule has 5 N–H and O–H groups in total. The van der Waals surface area contributed by atoms with Gasteiger partial charge < -0.3 is 35.5 Å². The molecule has 0 saturated carbocycles. The number of aromatic nitrogens is 2. The predicted molar refractivity (Wildman–Crippen MR) is 184 cm³/mol. The number of pyridine rings is 2. The summed E-state index contributed by atoms with van der Waals surface area (Å²) in [6.45, 7) is 5.34. The summed E-state index contributed by atoms with van der Waals surface area (Å²) >= 11 is 0. The first-order valence-electron chi connectivity index (χ1n) is 16.5. The van der Waals surface area contributed by atoms with Crippen LogP contribution in [0.2, 0.25) is 0 Å². The Morgan fingerprint density at radius 2 is 1.84 bits per heavy atom. The number of cyclic esters (lactones) is 1. The van der Waals surface area contributed by atoms with Gasteiger partial charge in [0.2, 0.25) is 17.4 Å². The van der Waals surface area contributed by atoms with E-state index < -0.39 is 59.7 Å². The molecular formula is C35H42ClN5O9. The number of fused-ring (bicyclic) bond motifs is 5. The van der Waals surface area contributed by atoms with E-state index in [1.165, 1.54) is 0 Å². The minimum absolute atomic E-state index is 0. The number of amides is 2. The van der Waals surface area contributed by atoms with E-state index in [1.807, 2.05) is 30.3 Å². The van der Waals surface area contributed by atoms with Crippen LogP contribution in [0.4, 0.5) is 0 Å². The molecule has 0 aliphatic carbocycles. The number of hydrogen-bond acceptors (Lipinski definition) is 10. The fourth-order valence-corrected chi connectivity index (χ4v) is 6.32. The van der Waals surface area contributed by atoms with Crippen LogP contribution in [-0.2, 0) is 52.2 Å². The molecule has 0 spiro atoms. The van der Waals surface area contributed by atoms with E-state index in [0.29, 0.717) is 30.8 Å². The number of carboxylic acid groups (broad SMARTS) is 1. The number of nitrogens with one attached hydrogen (secondary N) is 2. The molecule has 50 heavy (non-hydrogen) atoms. The summed E-state index contributed by atoms with van der Waals surface area (Å²) in [5, 5.41) is 15.1. The number of rotatable bonds is 14. The van der Waals surface area contributed by atoms with Crippen LogP contribution < -0.4 is 21.9 Å². The van der Waals surface area contributed by atoms with Crippen molar-refractivity contribution >= 4 is 53.0 Å². The summed E-state index contributed by atoms with van der Waals surface area (Å²) in [4.78, 5) is 83.1. The van der Waals surface area contributed by atoms with Gasteiger partial charge in [-0.2, -0.15) is 0 Å². The molecule has 0 saturated heterocycles. The van der Waals surface area contributed by atoms with Crippen molar-refractivity contribution in [3.05, 3.63) is 63.4 Å². The van der Waals surface area contributed by atoms with Crippen LogP contribution in [0.25, 0.3) is 22.3 Å². The molecule has 1 aromatic carbocycles. The molecule has 2 aromatic heterocycles. The highest BCUT2D eigenvalue weighted by molar-refractivity contribution is 5.93. The summed E-state index contributed by atoms with van der Waals surface area (Å²) in [6.07, 6.45) is 0.453. The van der Waals surface area contributed by atoms with Crippen LogP contribution in [0.1, 0.15) is 76.0 Å². The standard InChI is InChI=1S/C35H41N5O9.ClH/c1-4-35(49-33(46)29(19(2)3)39-31(44)25(11-7-8-14-36)37-27(41)12-13-28(42)43)23-16-26-30-21(15-20-9-5-6-10-24(20)38-30)17-40(26)32(45)22(23)18-48-34(35)47;/h5-6,9-10,15-16,19,25,29H,4,7-8,11-14,17-18,36H2,1-3H3,(H,37,41)(H,39,44)(H,42,43);1H/t25?,29?,35-;/m0./s1. The minimum Gasteiger partial charge on any atom is -0.481 e. The minimum atomic E-state index is -1.98. The molecular weight excluding hydrogens is 670 g/mol. The number of benzene rings is 1. The lowest BCUT2D eigenvalue weighted by Gasteiger charge is -2.37. The van der Waals surface area contributed by atoms with Crippen LogP contribution >= 0.6 is 12.4 Å². The Morgan fingerprint density at radius 1 is 1.10 bits per heavy atom. The highest BCUT2D eigenvalue weighted by Gasteiger charge is 2.51. The third-order valence-corrected chi connectivity index (χ3v) is 9.04. The number of carbonyl (C=O) groups excluding carboxylic acids is 4. The van der Waals surface area contributed by atoms with Crippen LogP contribution in [0.5, 0.6) is 0 Å². The van der Waals surface area contributed by atoms with Crippen molar-refractivity contribution in [1.82, 2.24) is 20.2 Å². The third-order valence-electron chi connectivity index (χ3n) is 9.04. The number of ether oxygens (including phenoxy) is 2. The average Bonchev–Trinajstić information content (AvgIpc) is 3.43. The second-order valence-electron chi connectivity index (χ2n) is 12.7. The number of carboxylic acids is 1. The van der Waals surface area contributed by atoms with Gasteiger partial charge in [0.1, 0.15) is 18.7 Å². The summed E-state index contributed by atoms with van der Waals surface area (Å²) in [7, 11) is 0. The van der Waals surface area contributed by atoms with Crippen LogP contribution in [0, 0.1) is 5.92 Å². The van der Waals surface area contributed by atoms with Crippen LogP contribution in [0.15, 0.2) is 41.2 Å². The van der Waals surface area contributed by atoms with Gasteiger partial charge in [0.15, 0.2) is 0 Å². The predicted octanol–water partition coefficient (Wildman–Crippen LogP) is 2.67. The van der Waals surface area contributed by atoms with Crippen molar-refractivity contribution in [2.45, 2.75) is 90.1 Å². The zero-order valence-electron chi connectivity index (χ0n) is 28.2. The molecule has 14 nitrogen and oxygen atoms in total. The van der Waals surface area contributed by atoms with E-state index in [-0.39, 0.29) is 61.5 Å². The highest BCUT2D eigenvalue weighted by atomic mass is 35.5. The van der Waals surface area contributed by atoms with E-state index in [1.54, 1.807) is 31.4 Å². The van der Waals surface area contributed by atoms with Crippen molar-refractivity contribution in [2.24, 2.45) is 11.7 Å². The normalized spacial score (nSPS) is 17.0.